The number of hydrogen-bond donors (Lipinski definition) is 4. The summed E-state index contributed by atoms with van der Waals surface area (Å²) in [7, 11) is 0. The maximum Gasteiger partial charge on any atom is 0.335 e. The van der Waals surface area contributed by atoms with Gasteiger partial charge in [-0.2, -0.15) is 0 Å². The molecule has 0 unspecified atom stereocenters. The van der Waals surface area contributed by atoms with Gasteiger partial charge in [-0.3, -0.25) is 4.79 Å². The highest BCUT2D eigenvalue weighted by molar-refractivity contribution is 5.88. The summed E-state index contributed by atoms with van der Waals surface area (Å²) < 4.78 is 25.5. The summed E-state index contributed by atoms with van der Waals surface area (Å²) in [6, 6.07) is 24.8. The minimum Gasteiger partial charge on any atom is -0.478 e. The Hall–Kier alpha value is -5.05. The Morgan fingerprint density at radius 3 is 1.65 bits per heavy atom. The van der Waals surface area contributed by atoms with Crippen LogP contribution in [0.1, 0.15) is 36.6 Å². The van der Waals surface area contributed by atoms with Gasteiger partial charge in [0.25, 0.3) is 0 Å². The average molecular weight is 507 g/mol. The molecule has 0 spiro atoms. The lowest BCUT2D eigenvalue weighted by Gasteiger charge is -2.07. The Balaban J connectivity index is 0.000000215. The van der Waals surface area contributed by atoms with Crippen molar-refractivity contribution in [3.05, 3.63) is 131 Å². The lowest BCUT2D eigenvalue weighted by atomic mass is 10.1. The van der Waals surface area contributed by atoms with Crippen LogP contribution in [0.5, 0.6) is 0 Å². The zero-order chi connectivity index (χ0) is 27.2. The molecule has 9 heteroatoms. The van der Waals surface area contributed by atoms with Crippen LogP contribution in [0.25, 0.3) is 0 Å². The summed E-state index contributed by atoms with van der Waals surface area (Å²) in [5, 5.41) is 20.2. The zero-order valence-electron chi connectivity index (χ0n) is 19.5. The number of carboxylic acid groups (broad SMARTS) is 2. The largest absolute Gasteiger partial charge is 0.478 e. The first-order valence-corrected chi connectivity index (χ1v) is 10.8. The van der Waals surface area contributed by atoms with E-state index >= 15 is 0 Å². The second kappa shape index (κ2) is 14.4. The molecule has 7 nitrogen and oxygen atoms in total. The first-order chi connectivity index (χ1) is 17.7. The van der Waals surface area contributed by atoms with Crippen LogP contribution in [0.4, 0.5) is 20.2 Å². The number of aldehydes is 1. The molecule has 0 aliphatic rings. The number of carboxylic acids is 2. The highest BCUT2D eigenvalue weighted by Crippen LogP contribution is 2.14. The maximum atomic E-state index is 13.3. The number of rotatable bonds is 6. The molecule has 0 amide bonds. The fourth-order valence-corrected chi connectivity index (χ4v) is 2.75. The molecule has 0 aliphatic heterocycles. The van der Waals surface area contributed by atoms with Gasteiger partial charge >= 0.3 is 11.9 Å². The number of benzene rings is 4. The summed E-state index contributed by atoms with van der Waals surface area (Å²) in [5.41, 5.74) is 7.58. The predicted molar refractivity (Wildman–Crippen MR) is 137 cm³/mol. The molecule has 37 heavy (non-hydrogen) atoms. The standard InChI is InChI=1S/C14H12FNO2.C8H6O3.C6H6FN/c15-12-3-1-2-4-13(12)16-9-10-5-7-11(8-6-10)14(17)18;9-5-6-1-3-7(4-2-6)8(10)11;7-5-3-1-2-4-6(5)8/h1-8,16H,9H2,(H,17,18);1-5H,(H,10,11);1-4H,8H2. The van der Waals surface area contributed by atoms with Crippen LogP contribution in [-0.2, 0) is 6.54 Å². The molecule has 0 radical (unpaired) electrons. The van der Waals surface area contributed by atoms with E-state index in [0.717, 1.165) is 5.56 Å². The van der Waals surface area contributed by atoms with Gasteiger partial charge in [0, 0.05) is 12.1 Å². The average Bonchev–Trinajstić information content (AvgIpc) is 2.91. The molecule has 0 aliphatic carbocycles. The third-order valence-corrected chi connectivity index (χ3v) is 4.76. The summed E-state index contributed by atoms with van der Waals surface area (Å²) >= 11 is 0. The van der Waals surface area contributed by atoms with Crippen molar-refractivity contribution >= 4 is 29.6 Å². The van der Waals surface area contributed by atoms with Crippen LogP contribution in [-0.4, -0.2) is 28.4 Å². The van der Waals surface area contributed by atoms with Gasteiger partial charge in [0.2, 0.25) is 0 Å². The third kappa shape index (κ3) is 9.61. The predicted octanol–water partition coefficient (Wildman–Crippen LogP) is 5.74. The van der Waals surface area contributed by atoms with E-state index < -0.39 is 11.9 Å². The van der Waals surface area contributed by atoms with Gasteiger partial charge in [-0.15, -0.1) is 0 Å². The van der Waals surface area contributed by atoms with E-state index in [1.807, 2.05) is 0 Å². The number of para-hydroxylation sites is 2. The van der Waals surface area contributed by atoms with Crippen molar-refractivity contribution in [3.8, 4) is 0 Å². The first kappa shape index (κ1) is 28.2. The monoisotopic (exact) mass is 506 g/mol. The summed E-state index contributed by atoms with van der Waals surface area (Å²) in [6.07, 6.45) is 0.672. The van der Waals surface area contributed by atoms with Crippen molar-refractivity contribution in [1.29, 1.82) is 0 Å². The molecule has 0 aromatic heterocycles. The molecule has 4 aromatic rings. The van der Waals surface area contributed by atoms with Gasteiger partial charge in [0.15, 0.2) is 0 Å². The summed E-state index contributed by atoms with van der Waals surface area (Å²) in [6.45, 7) is 0.445. The molecule has 0 saturated heterocycles. The van der Waals surface area contributed by atoms with Crippen LogP contribution >= 0.6 is 0 Å². The second-order valence-electron chi connectivity index (χ2n) is 7.40. The van der Waals surface area contributed by atoms with Crippen LogP contribution < -0.4 is 11.1 Å². The van der Waals surface area contributed by atoms with Gasteiger partial charge in [-0.1, -0.05) is 48.5 Å². The van der Waals surface area contributed by atoms with E-state index in [1.54, 1.807) is 42.5 Å². The topological polar surface area (TPSA) is 130 Å². The number of halogens is 2. The van der Waals surface area contributed by atoms with Gasteiger partial charge in [0.1, 0.15) is 17.9 Å². The van der Waals surface area contributed by atoms with Gasteiger partial charge < -0.3 is 21.3 Å². The Bertz CT molecular complexity index is 1310. The summed E-state index contributed by atoms with van der Waals surface area (Å²) in [5.74, 6) is -2.60. The van der Waals surface area contributed by atoms with Crippen molar-refractivity contribution in [2.75, 3.05) is 11.1 Å². The molecule has 0 heterocycles. The van der Waals surface area contributed by atoms with Gasteiger partial charge in [0.05, 0.1) is 22.5 Å². The number of nitrogens with two attached hydrogens (primary N) is 1. The Morgan fingerprint density at radius 1 is 0.730 bits per heavy atom. The molecule has 5 N–H and O–H groups in total. The van der Waals surface area contributed by atoms with E-state index in [0.29, 0.717) is 24.1 Å². The Morgan fingerprint density at radius 2 is 1.22 bits per heavy atom. The first-order valence-electron chi connectivity index (χ1n) is 10.8. The van der Waals surface area contributed by atoms with Crippen LogP contribution in [0, 0.1) is 11.6 Å². The number of carbonyl (C=O) groups excluding carboxylic acids is 1. The number of hydrogen-bond acceptors (Lipinski definition) is 5. The SMILES string of the molecule is Nc1ccccc1F.O=C(O)c1ccc(CNc2ccccc2F)cc1.O=Cc1ccc(C(=O)O)cc1. The van der Waals surface area contributed by atoms with E-state index in [1.165, 1.54) is 54.6 Å². The van der Waals surface area contributed by atoms with E-state index in [4.69, 9.17) is 15.9 Å². The molecular formula is C28H24F2N2O5. The van der Waals surface area contributed by atoms with E-state index in [9.17, 15) is 23.2 Å². The normalized spacial score (nSPS) is 9.57. The highest BCUT2D eigenvalue weighted by atomic mass is 19.1. The smallest absolute Gasteiger partial charge is 0.335 e. The number of nitrogen functional groups attached to an aromatic ring is 1. The highest BCUT2D eigenvalue weighted by Gasteiger charge is 2.03. The van der Waals surface area contributed by atoms with E-state index in [2.05, 4.69) is 5.32 Å². The quantitative estimate of drug-likeness (QED) is 0.194. The Labute approximate surface area is 211 Å². The molecule has 0 bridgehead atoms. The fraction of sp³-hybridized carbons (Fsp3) is 0.0357. The lowest BCUT2D eigenvalue weighted by Crippen LogP contribution is -2.02. The van der Waals surface area contributed by atoms with Crippen molar-refractivity contribution in [3.63, 3.8) is 0 Å². The third-order valence-electron chi connectivity index (χ3n) is 4.76. The van der Waals surface area contributed by atoms with Crippen molar-refractivity contribution in [2.45, 2.75) is 6.54 Å². The van der Waals surface area contributed by atoms with Crippen molar-refractivity contribution in [1.82, 2.24) is 0 Å². The van der Waals surface area contributed by atoms with Crippen LogP contribution in [0.15, 0.2) is 97.1 Å². The van der Waals surface area contributed by atoms with Gasteiger partial charge in [-0.05, 0) is 54.1 Å². The number of nitrogens with one attached hydrogen (secondary N) is 1. The fourth-order valence-electron chi connectivity index (χ4n) is 2.75. The molecule has 0 fully saturated rings. The molecule has 4 aromatic carbocycles. The minimum absolute atomic E-state index is 0.190. The molecular weight excluding hydrogens is 482 g/mol. The number of carbonyl (C=O) groups is 3. The minimum atomic E-state index is -0.984. The number of aromatic carboxylic acids is 2. The lowest BCUT2D eigenvalue weighted by molar-refractivity contribution is 0.0686. The van der Waals surface area contributed by atoms with Crippen molar-refractivity contribution < 1.29 is 33.4 Å². The number of anilines is 2. The molecule has 190 valence electrons. The van der Waals surface area contributed by atoms with E-state index in [-0.39, 0.29) is 28.4 Å². The van der Waals surface area contributed by atoms with Crippen LogP contribution in [0.2, 0.25) is 0 Å². The van der Waals surface area contributed by atoms with Crippen molar-refractivity contribution in [2.24, 2.45) is 0 Å². The molecule has 0 atom stereocenters. The molecule has 0 saturated carbocycles. The van der Waals surface area contributed by atoms with Gasteiger partial charge in [-0.25, -0.2) is 18.4 Å². The zero-order valence-corrected chi connectivity index (χ0v) is 19.5. The summed E-state index contributed by atoms with van der Waals surface area (Å²) in [4.78, 5) is 31.1. The Kier molecular flexibility index (Phi) is 11.0. The maximum absolute atomic E-state index is 13.3. The van der Waals surface area contributed by atoms with Crippen LogP contribution in [0.3, 0.4) is 0 Å². The second-order valence-corrected chi connectivity index (χ2v) is 7.40. The molecule has 4 rings (SSSR count).